The van der Waals surface area contributed by atoms with E-state index in [4.69, 9.17) is 0 Å². The van der Waals surface area contributed by atoms with E-state index in [2.05, 4.69) is 31.2 Å². The number of hydrogen-bond acceptors (Lipinski definition) is 3. The fourth-order valence-electron chi connectivity index (χ4n) is 1.96. The van der Waals surface area contributed by atoms with Crippen molar-refractivity contribution in [2.45, 2.75) is 0 Å². The smallest absolute Gasteiger partial charge is 0.256 e. The van der Waals surface area contributed by atoms with E-state index in [1.807, 2.05) is 24.3 Å². The van der Waals surface area contributed by atoms with Crippen LogP contribution in [0.2, 0.25) is 0 Å². The first-order valence-corrected chi connectivity index (χ1v) is 6.80. The number of fused-ring (bicyclic) bond motifs is 1. The van der Waals surface area contributed by atoms with Crippen LogP contribution in [-0.4, -0.2) is 15.9 Å². The summed E-state index contributed by atoms with van der Waals surface area (Å²) in [7, 11) is 0. The first-order chi connectivity index (χ1) is 9.75. The molecule has 0 aliphatic heterocycles. The minimum atomic E-state index is -0.183. The highest BCUT2D eigenvalue weighted by Gasteiger charge is 2.11. The van der Waals surface area contributed by atoms with E-state index in [1.165, 1.54) is 0 Å². The average molecular weight is 328 g/mol. The third-order valence-electron chi connectivity index (χ3n) is 2.90. The molecule has 2 aromatic heterocycles. The Hall–Kier alpha value is -2.27. The van der Waals surface area contributed by atoms with Gasteiger partial charge < -0.3 is 5.32 Å². The Balaban J connectivity index is 1.99. The Morgan fingerprint density at radius 1 is 1.00 bits per heavy atom. The Bertz CT molecular complexity index is 783. The van der Waals surface area contributed by atoms with Crippen LogP contribution in [0.4, 0.5) is 5.69 Å². The molecule has 98 valence electrons. The molecule has 3 aromatic rings. The molecule has 1 aromatic carbocycles. The van der Waals surface area contributed by atoms with Crippen LogP contribution in [0.15, 0.2) is 59.5 Å². The van der Waals surface area contributed by atoms with Gasteiger partial charge in [-0.3, -0.25) is 9.78 Å². The van der Waals surface area contributed by atoms with Crippen molar-refractivity contribution in [2.75, 3.05) is 5.32 Å². The van der Waals surface area contributed by atoms with E-state index < -0.39 is 0 Å². The van der Waals surface area contributed by atoms with Gasteiger partial charge in [0.25, 0.3) is 5.91 Å². The molecule has 0 unspecified atom stereocenters. The summed E-state index contributed by atoms with van der Waals surface area (Å²) < 4.78 is 0.603. The predicted octanol–water partition coefficient (Wildman–Crippen LogP) is 3.64. The zero-order chi connectivity index (χ0) is 13.9. The van der Waals surface area contributed by atoms with Crippen LogP contribution >= 0.6 is 15.9 Å². The number of amides is 1. The van der Waals surface area contributed by atoms with Crippen molar-refractivity contribution in [3.05, 3.63) is 65.0 Å². The third kappa shape index (κ3) is 2.40. The van der Waals surface area contributed by atoms with Crippen molar-refractivity contribution in [3.63, 3.8) is 0 Å². The molecule has 4 nitrogen and oxygen atoms in total. The SMILES string of the molecule is O=C(Nc1cccnc1Br)c1ccnc2ccccc12. The monoisotopic (exact) mass is 327 g/mol. The molecular formula is C15H10BrN3O. The lowest BCUT2D eigenvalue weighted by atomic mass is 10.1. The summed E-state index contributed by atoms with van der Waals surface area (Å²) in [6.07, 6.45) is 3.29. The van der Waals surface area contributed by atoms with E-state index in [9.17, 15) is 4.79 Å². The highest BCUT2D eigenvalue weighted by atomic mass is 79.9. The van der Waals surface area contributed by atoms with Crippen molar-refractivity contribution >= 4 is 38.4 Å². The number of pyridine rings is 2. The maximum atomic E-state index is 12.4. The molecule has 1 amide bonds. The second-order valence-corrected chi connectivity index (χ2v) is 4.92. The number of benzene rings is 1. The maximum Gasteiger partial charge on any atom is 0.256 e. The third-order valence-corrected chi connectivity index (χ3v) is 3.53. The molecule has 2 heterocycles. The van der Waals surface area contributed by atoms with Crippen LogP contribution < -0.4 is 5.32 Å². The summed E-state index contributed by atoms with van der Waals surface area (Å²) in [5.41, 5.74) is 2.02. The minimum Gasteiger partial charge on any atom is -0.320 e. The van der Waals surface area contributed by atoms with E-state index >= 15 is 0 Å². The van der Waals surface area contributed by atoms with E-state index in [0.717, 1.165) is 10.9 Å². The van der Waals surface area contributed by atoms with Gasteiger partial charge in [-0.15, -0.1) is 0 Å². The van der Waals surface area contributed by atoms with Gasteiger partial charge in [0, 0.05) is 17.8 Å². The zero-order valence-corrected chi connectivity index (χ0v) is 12.0. The number of halogens is 1. The Labute approximate surface area is 124 Å². The van der Waals surface area contributed by atoms with Crippen LogP contribution in [-0.2, 0) is 0 Å². The Morgan fingerprint density at radius 3 is 2.70 bits per heavy atom. The molecule has 5 heteroatoms. The molecule has 1 N–H and O–H groups in total. The second-order valence-electron chi connectivity index (χ2n) is 4.17. The topological polar surface area (TPSA) is 54.9 Å². The minimum absolute atomic E-state index is 0.183. The molecule has 0 saturated heterocycles. The molecule has 3 rings (SSSR count). The molecule has 0 fully saturated rings. The van der Waals surface area contributed by atoms with Gasteiger partial charge in [-0.1, -0.05) is 18.2 Å². The van der Waals surface area contributed by atoms with Gasteiger partial charge in [0.15, 0.2) is 0 Å². The standard InChI is InChI=1S/C15H10BrN3O/c16-14-13(6-3-8-18-14)19-15(20)11-7-9-17-12-5-2-1-4-10(11)12/h1-9H,(H,19,20). The Morgan fingerprint density at radius 2 is 1.85 bits per heavy atom. The van der Waals surface area contributed by atoms with Gasteiger partial charge in [-0.2, -0.15) is 0 Å². The number of para-hydroxylation sites is 1. The summed E-state index contributed by atoms with van der Waals surface area (Å²) in [5.74, 6) is -0.183. The van der Waals surface area contributed by atoms with Crippen molar-refractivity contribution in [1.29, 1.82) is 0 Å². The molecule has 20 heavy (non-hydrogen) atoms. The lowest BCUT2D eigenvalue weighted by Gasteiger charge is -2.08. The van der Waals surface area contributed by atoms with Crippen molar-refractivity contribution in [2.24, 2.45) is 0 Å². The number of anilines is 1. The summed E-state index contributed by atoms with van der Waals surface area (Å²) in [5, 5.41) is 3.67. The highest BCUT2D eigenvalue weighted by molar-refractivity contribution is 9.10. The number of nitrogens with zero attached hydrogens (tertiary/aromatic N) is 2. The van der Waals surface area contributed by atoms with Crippen LogP contribution in [0.1, 0.15) is 10.4 Å². The summed E-state index contributed by atoms with van der Waals surface area (Å²) in [6, 6.07) is 12.8. The second kappa shape index (κ2) is 5.38. The molecule has 0 bridgehead atoms. The number of carbonyl (C=O) groups is 1. The van der Waals surface area contributed by atoms with E-state index in [1.54, 1.807) is 30.6 Å². The van der Waals surface area contributed by atoms with Gasteiger partial charge in [0.05, 0.1) is 16.8 Å². The molecule has 0 saturated carbocycles. The van der Waals surface area contributed by atoms with Crippen molar-refractivity contribution < 1.29 is 4.79 Å². The highest BCUT2D eigenvalue weighted by Crippen LogP contribution is 2.21. The van der Waals surface area contributed by atoms with Crippen LogP contribution in [0.5, 0.6) is 0 Å². The van der Waals surface area contributed by atoms with Crippen molar-refractivity contribution in [3.8, 4) is 0 Å². The van der Waals surface area contributed by atoms with E-state index in [0.29, 0.717) is 15.9 Å². The molecule has 0 aliphatic rings. The van der Waals surface area contributed by atoms with Gasteiger partial charge >= 0.3 is 0 Å². The normalized spacial score (nSPS) is 10.4. The fourth-order valence-corrected chi connectivity index (χ4v) is 2.31. The number of rotatable bonds is 2. The maximum absolute atomic E-state index is 12.4. The zero-order valence-electron chi connectivity index (χ0n) is 10.4. The molecule has 0 aliphatic carbocycles. The van der Waals surface area contributed by atoms with Crippen LogP contribution in [0, 0.1) is 0 Å². The molecular weight excluding hydrogens is 318 g/mol. The number of carbonyl (C=O) groups excluding carboxylic acids is 1. The molecule has 0 spiro atoms. The average Bonchev–Trinajstić information content (AvgIpc) is 2.49. The van der Waals surface area contributed by atoms with E-state index in [-0.39, 0.29) is 5.91 Å². The number of nitrogens with one attached hydrogen (secondary N) is 1. The summed E-state index contributed by atoms with van der Waals surface area (Å²) in [6.45, 7) is 0. The fraction of sp³-hybridized carbons (Fsp3) is 0. The lowest BCUT2D eigenvalue weighted by Crippen LogP contribution is -2.13. The molecule has 0 radical (unpaired) electrons. The van der Waals surface area contributed by atoms with Gasteiger partial charge in [-0.05, 0) is 40.2 Å². The first-order valence-electron chi connectivity index (χ1n) is 6.01. The number of aromatic nitrogens is 2. The quantitative estimate of drug-likeness (QED) is 0.731. The predicted molar refractivity (Wildman–Crippen MR) is 81.6 cm³/mol. The first kappa shape index (κ1) is 12.7. The van der Waals surface area contributed by atoms with Crippen LogP contribution in [0.3, 0.4) is 0 Å². The van der Waals surface area contributed by atoms with Crippen LogP contribution in [0.25, 0.3) is 10.9 Å². The Kier molecular flexibility index (Phi) is 3.43. The van der Waals surface area contributed by atoms with Gasteiger partial charge in [0.2, 0.25) is 0 Å². The molecule has 0 atom stereocenters. The van der Waals surface area contributed by atoms with Gasteiger partial charge in [0.1, 0.15) is 4.60 Å². The summed E-state index contributed by atoms with van der Waals surface area (Å²) >= 11 is 3.31. The van der Waals surface area contributed by atoms with Crippen molar-refractivity contribution in [1.82, 2.24) is 9.97 Å². The number of hydrogen-bond donors (Lipinski definition) is 1. The largest absolute Gasteiger partial charge is 0.320 e. The summed E-state index contributed by atoms with van der Waals surface area (Å²) in [4.78, 5) is 20.7. The van der Waals surface area contributed by atoms with Gasteiger partial charge in [-0.25, -0.2) is 4.98 Å². The lowest BCUT2D eigenvalue weighted by molar-refractivity contribution is 0.102.